The number of H-pyrrole nitrogens is 1. The molecule has 1 aliphatic rings. The van der Waals surface area contributed by atoms with Crippen molar-refractivity contribution in [1.82, 2.24) is 15.3 Å². The van der Waals surface area contributed by atoms with Crippen LogP contribution in [0.5, 0.6) is 0 Å². The molecule has 3 heterocycles. The number of ether oxygens (including phenoxy) is 1. The average Bonchev–Trinajstić information content (AvgIpc) is 3.18. The van der Waals surface area contributed by atoms with Gasteiger partial charge in [-0.1, -0.05) is 30.3 Å². The van der Waals surface area contributed by atoms with Crippen LogP contribution in [-0.2, 0) is 16.0 Å². The summed E-state index contributed by atoms with van der Waals surface area (Å²) in [6.45, 7) is 7.12. The van der Waals surface area contributed by atoms with E-state index in [2.05, 4.69) is 36.5 Å². The van der Waals surface area contributed by atoms with Crippen molar-refractivity contribution >= 4 is 50.3 Å². The number of piperidine rings is 1. The number of rotatable bonds is 5. The summed E-state index contributed by atoms with van der Waals surface area (Å²) in [6.07, 6.45) is 4.97. The molecule has 0 aliphatic carbocycles. The second kappa shape index (κ2) is 10.1. The first kappa shape index (κ1) is 24.2. The van der Waals surface area contributed by atoms with Gasteiger partial charge in [-0.15, -0.1) is 0 Å². The highest BCUT2D eigenvalue weighted by molar-refractivity contribution is 9.10. The summed E-state index contributed by atoms with van der Waals surface area (Å²) in [5.74, 6) is -0.152. The van der Waals surface area contributed by atoms with Crippen LogP contribution >= 0.6 is 15.9 Å². The molecular formula is C25H30BrN5O3. The van der Waals surface area contributed by atoms with Gasteiger partial charge in [0.15, 0.2) is 0 Å². The van der Waals surface area contributed by atoms with Gasteiger partial charge >= 0.3 is 6.09 Å². The molecule has 8 nitrogen and oxygen atoms in total. The summed E-state index contributed by atoms with van der Waals surface area (Å²) >= 11 is 3.61. The second-order valence-electron chi connectivity index (χ2n) is 9.44. The number of aromatic nitrogens is 2. The predicted molar refractivity (Wildman–Crippen MR) is 137 cm³/mol. The van der Waals surface area contributed by atoms with Gasteiger partial charge in [-0.3, -0.25) is 9.69 Å². The molecule has 1 fully saturated rings. The molecule has 0 unspecified atom stereocenters. The minimum Gasteiger partial charge on any atom is -0.443 e. The first-order valence-electron chi connectivity index (χ1n) is 11.5. The van der Waals surface area contributed by atoms with Crippen LogP contribution in [0.1, 0.15) is 39.2 Å². The predicted octanol–water partition coefficient (Wildman–Crippen LogP) is 5.00. The van der Waals surface area contributed by atoms with Gasteiger partial charge in [0.1, 0.15) is 11.2 Å². The van der Waals surface area contributed by atoms with E-state index < -0.39 is 11.7 Å². The van der Waals surface area contributed by atoms with Gasteiger partial charge in [0.2, 0.25) is 5.91 Å². The topological polar surface area (TPSA) is 99.3 Å². The Morgan fingerprint density at radius 2 is 2.03 bits per heavy atom. The lowest BCUT2D eigenvalue weighted by atomic mass is 10.0. The van der Waals surface area contributed by atoms with Gasteiger partial charge in [-0.05, 0) is 61.7 Å². The van der Waals surface area contributed by atoms with Crippen molar-refractivity contribution in [2.24, 2.45) is 0 Å². The molecule has 0 saturated carbocycles. The van der Waals surface area contributed by atoms with Gasteiger partial charge in [0, 0.05) is 18.9 Å². The van der Waals surface area contributed by atoms with E-state index in [1.165, 1.54) is 0 Å². The van der Waals surface area contributed by atoms with E-state index >= 15 is 0 Å². The maximum Gasteiger partial charge on any atom is 0.415 e. The van der Waals surface area contributed by atoms with Crippen molar-refractivity contribution in [2.45, 2.75) is 51.7 Å². The number of nitrogens with zero attached hydrogens (tertiary/aromatic N) is 2. The van der Waals surface area contributed by atoms with Crippen LogP contribution in [0.4, 0.5) is 16.2 Å². The quantitative estimate of drug-likeness (QED) is 0.433. The fourth-order valence-electron chi connectivity index (χ4n) is 4.15. The SMILES string of the molecule is CC(C)(C)OC(=O)N(c1c(Br)cnc2[nH]cc(NC(=O)Cc3ccccc3)c12)[C@@H]1CCCNC1. The molecule has 4 rings (SSSR count). The zero-order valence-electron chi connectivity index (χ0n) is 19.7. The highest BCUT2D eigenvalue weighted by Gasteiger charge is 2.34. The number of nitrogens with one attached hydrogen (secondary N) is 3. The largest absolute Gasteiger partial charge is 0.443 e. The third-order valence-electron chi connectivity index (χ3n) is 5.58. The minimum absolute atomic E-state index is 0.103. The van der Waals surface area contributed by atoms with Crippen LogP contribution in [-0.4, -0.2) is 46.7 Å². The Hall–Kier alpha value is -2.91. The summed E-state index contributed by atoms with van der Waals surface area (Å²) < 4.78 is 6.46. The van der Waals surface area contributed by atoms with Gasteiger partial charge in [-0.25, -0.2) is 9.78 Å². The third-order valence-corrected chi connectivity index (χ3v) is 6.16. The minimum atomic E-state index is -0.652. The Kier molecular flexibility index (Phi) is 7.23. The van der Waals surface area contributed by atoms with E-state index in [0.717, 1.165) is 24.9 Å². The molecule has 180 valence electrons. The third kappa shape index (κ3) is 5.59. The number of benzene rings is 1. The van der Waals surface area contributed by atoms with Crippen LogP contribution in [0.3, 0.4) is 0 Å². The van der Waals surface area contributed by atoms with Gasteiger partial charge in [0.05, 0.1) is 33.7 Å². The van der Waals surface area contributed by atoms with Crippen molar-refractivity contribution in [3.8, 4) is 0 Å². The number of pyridine rings is 1. The van der Waals surface area contributed by atoms with Crippen LogP contribution in [0, 0.1) is 0 Å². The van der Waals surface area contributed by atoms with Crippen LogP contribution in [0.25, 0.3) is 11.0 Å². The first-order chi connectivity index (χ1) is 16.2. The van der Waals surface area contributed by atoms with Gasteiger partial charge in [0.25, 0.3) is 0 Å². The molecule has 0 radical (unpaired) electrons. The Balaban J connectivity index is 1.74. The number of carbonyl (C=O) groups excluding carboxylic acids is 2. The Morgan fingerprint density at radius 1 is 1.26 bits per heavy atom. The van der Waals surface area contributed by atoms with Crippen LogP contribution < -0.4 is 15.5 Å². The summed E-state index contributed by atoms with van der Waals surface area (Å²) in [4.78, 5) is 35.6. The Bertz CT molecular complexity index is 1170. The van der Waals surface area contributed by atoms with Crippen molar-refractivity contribution < 1.29 is 14.3 Å². The molecule has 34 heavy (non-hydrogen) atoms. The molecule has 1 aromatic carbocycles. The number of hydrogen-bond acceptors (Lipinski definition) is 5. The number of halogens is 1. The van der Waals surface area contributed by atoms with Crippen molar-refractivity contribution in [1.29, 1.82) is 0 Å². The number of hydrogen-bond donors (Lipinski definition) is 3. The van der Waals surface area contributed by atoms with E-state index in [1.54, 1.807) is 17.3 Å². The average molecular weight is 528 g/mol. The molecule has 3 aromatic rings. The standard InChI is InChI=1S/C25H30BrN5O3/c1-25(2,3)34-24(33)31(17-10-7-11-27-13-17)22-18(26)14-28-23-21(22)19(15-29-23)30-20(32)12-16-8-5-4-6-9-16/h4-6,8-9,14-15,17,27H,7,10-13H2,1-3H3,(H,28,29)(H,30,32)/t17-/m1/s1. The molecule has 0 spiro atoms. The maximum absolute atomic E-state index is 13.5. The molecule has 0 bridgehead atoms. The van der Waals surface area contributed by atoms with Gasteiger partial charge < -0.3 is 20.4 Å². The molecule has 1 aliphatic heterocycles. The van der Waals surface area contributed by atoms with Gasteiger partial charge in [-0.2, -0.15) is 0 Å². The maximum atomic E-state index is 13.5. The number of anilines is 2. The number of amides is 2. The zero-order chi connectivity index (χ0) is 24.3. The molecule has 2 aromatic heterocycles. The molecular weight excluding hydrogens is 498 g/mol. The fourth-order valence-corrected chi connectivity index (χ4v) is 4.65. The van der Waals surface area contributed by atoms with E-state index in [1.807, 2.05) is 51.1 Å². The summed E-state index contributed by atoms with van der Waals surface area (Å²) in [5.41, 5.74) is 2.04. The van der Waals surface area contributed by atoms with Crippen molar-refractivity contribution in [2.75, 3.05) is 23.3 Å². The molecule has 1 atom stereocenters. The number of carbonyl (C=O) groups is 2. The van der Waals surface area contributed by atoms with Crippen LogP contribution in [0.15, 0.2) is 47.2 Å². The van der Waals surface area contributed by atoms with E-state index in [0.29, 0.717) is 33.4 Å². The Labute approximate surface area is 207 Å². The highest BCUT2D eigenvalue weighted by Crippen LogP contribution is 2.40. The lowest BCUT2D eigenvalue weighted by Gasteiger charge is -2.36. The highest BCUT2D eigenvalue weighted by atomic mass is 79.9. The molecule has 3 N–H and O–H groups in total. The van der Waals surface area contributed by atoms with E-state index in [4.69, 9.17) is 4.74 Å². The van der Waals surface area contributed by atoms with Crippen LogP contribution in [0.2, 0.25) is 0 Å². The fraction of sp³-hybridized carbons (Fsp3) is 0.400. The van der Waals surface area contributed by atoms with Crippen molar-refractivity contribution in [3.05, 3.63) is 52.8 Å². The first-order valence-corrected chi connectivity index (χ1v) is 12.2. The van der Waals surface area contributed by atoms with Crippen molar-refractivity contribution in [3.63, 3.8) is 0 Å². The zero-order valence-corrected chi connectivity index (χ0v) is 21.2. The molecule has 2 amide bonds. The lowest BCUT2D eigenvalue weighted by molar-refractivity contribution is -0.115. The summed E-state index contributed by atoms with van der Waals surface area (Å²) in [5, 5.41) is 7.04. The monoisotopic (exact) mass is 527 g/mol. The molecule has 1 saturated heterocycles. The molecule has 9 heteroatoms. The normalized spacial score (nSPS) is 16.3. The summed E-state index contributed by atoms with van der Waals surface area (Å²) in [6, 6.07) is 9.46. The number of aromatic amines is 1. The smallest absolute Gasteiger partial charge is 0.415 e. The lowest BCUT2D eigenvalue weighted by Crippen LogP contribution is -2.50. The second-order valence-corrected chi connectivity index (χ2v) is 10.3. The number of fused-ring (bicyclic) bond motifs is 1. The van der Waals surface area contributed by atoms with E-state index in [-0.39, 0.29) is 18.4 Å². The summed E-state index contributed by atoms with van der Waals surface area (Å²) in [7, 11) is 0. The van der Waals surface area contributed by atoms with E-state index in [9.17, 15) is 9.59 Å². The Morgan fingerprint density at radius 3 is 2.71 bits per heavy atom.